The molecule has 0 unspecified atom stereocenters. The summed E-state index contributed by atoms with van der Waals surface area (Å²) in [4.78, 5) is 28.9. The van der Waals surface area contributed by atoms with Gasteiger partial charge in [0.25, 0.3) is 11.5 Å². The minimum atomic E-state index is -0.332. The van der Waals surface area contributed by atoms with E-state index in [1.807, 2.05) is 18.5 Å². The minimum Gasteiger partial charge on any atom is -0.349 e. The molecule has 0 saturated carbocycles. The highest BCUT2D eigenvalue weighted by atomic mass is 16.2. The topological polar surface area (TPSA) is 92.7 Å². The first kappa shape index (κ1) is 15.0. The first-order chi connectivity index (χ1) is 10.0. The van der Waals surface area contributed by atoms with Crippen LogP contribution >= 0.6 is 0 Å². The molecule has 1 amide bonds. The first-order valence-corrected chi connectivity index (χ1v) is 6.88. The smallest absolute Gasteiger partial charge is 0.271 e. The van der Waals surface area contributed by atoms with Crippen molar-refractivity contribution >= 4 is 5.91 Å². The summed E-state index contributed by atoms with van der Waals surface area (Å²) in [5, 5.41) is 7.22. The van der Waals surface area contributed by atoms with Crippen molar-refractivity contribution in [3.05, 3.63) is 45.4 Å². The molecule has 0 atom stereocenters. The van der Waals surface area contributed by atoms with Crippen LogP contribution in [0.1, 0.15) is 34.4 Å². The van der Waals surface area contributed by atoms with E-state index in [1.165, 1.54) is 11.8 Å². The van der Waals surface area contributed by atoms with Gasteiger partial charge in [0.05, 0.1) is 18.4 Å². The molecule has 7 heteroatoms. The Morgan fingerprint density at radius 2 is 2.19 bits per heavy atom. The second-order valence-electron chi connectivity index (χ2n) is 4.78. The van der Waals surface area contributed by atoms with Crippen molar-refractivity contribution in [3.63, 3.8) is 0 Å². The van der Waals surface area contributed by atoms with Gasteiger partial charge in [-0.1, -0.05) is 6.92 Å². The fourth-order valence-corrected chi connectivity index (χ4v) is 2.30. The summed E-state index contributed by atoms with van der Waals surface area (Å²) in [5.74, 6) is -0.316. The normalized spacial score (nSPS) is 10.6. The molecule has 2 aromatic rings. The molecule has 0 aromatic carbocycles. The highest BCUT2D eigenvalue weighted by molar-refractivity contribution is 5.91. The summed E-state index contributed by atoms with van der Waals surface area (Å²) in [6.07, 6.45) is 3.34. The molecule has 21 heavy (non-hydrogen) atoms. The standard InChI is InChI=1S/C14H19N5O2/c1-4-11-9(2)18-19(10(11)3)6-5-15-14(21)12-7-17-13(20)8-16-12/h7-8H,4-6H2,1-3H3,(H,15,21)(H,17,20). The second-order valence-corrected chi connectivity index (χ2v) is 4.78. The van der Waals surface area contributed by atoms with Crippen molar-refractivity contribution in [1.29, 1.82) is 0 Å². The van der Waals surface area contributed by atoms with Crippen LogP contribution in [0.4, 0.5) is 0 Å². The number of carbonyl (C=O) groups is 1. The second kappa shape index (κ2) is 6.34. The predicted molar refractivity (Wildman–Crippen MR) is 78.3 cm³/mol. The van der Waals surface area contributed by atoms with Crippen molar-refractivity contribution in [2.24, 2.45) is 0 Å². The monoisotopic (exact) mass is 289 g/mol. The highest BCUT2D eigenvalue weighted by Gasteiger charge is 2.10. The van der Waals surface area contributed by atoms with E-state index in [4.69, 9.17) is 0 Å². The van der Waals surface area contributed by atoms with Crippen molar-refractivity contribution in [1.82, 2.24) is 25.1 Å². The number of carbonyl (C=O) groups excluding carboxylic acids is 1. The van der Waals surface area contributed by atoms with Gasteiger partial charge in [0.2, 0.25) is 0 Å². The lowest BCUT2D eigenvalue weighted by atomic mass is 10.1. The van der Waals surface area contributed by atoms with Crippen LogP contribution < -0.4 is 10.9 Å². The zero-order chi connectivity index (χ0) is 15.4. The summed E-state index contributed by atoms with van der Waals surface area (Å²) < 4.78 is 1.90. The molecular weight excluding hydrogens is 270 g/mol. The molecule has 2 N–H and O–H groups in total. The molecule has 0 aliphatic heterocycles. The maximum absolute atomic E-state index is 11.8. The average molecular weight is 289 g/mol. The van der Waals surface area contributed by atoms with Crippen LogP contribution in [0.5, 0.6) is 0 Å². The lowest BCUT2D eigenvalue weighted by molar-refractivity contribution is 0.0946. The first-order valence-electron chi connectivity index (χ1n) is 6.88. The minimum absolute atomic E-state index is 0.192. The molecule has 0 spiro atoms. The van der Waals surface area contributed by atoms with E-state index in [9.17, 15) is 9.59 Å². The van der Waals surface area contributed by atoms with Gasteiger partial charge in [-0.25, -0.2) is 4.98 Å². The maximum Gasteiger partial charge on any atom is 0.271 e. The largest absolute Gasteiger partial charge is 0.349 e. The molecule has 2 aromatic heterocycles. The third-order valence-electron chi connectivity index (χ3n) is 3.40. The molecule has 0 radical (unpaired) electrons. The Hall–Kier alpha value is -2.44. The Morgan fingerprint density at radius 1 is 1.43 bits per heavy atom. The summed E-state index contributed by atoms with van der Waals surface area (Å²) in [7, 11) is 0. The van der Waals surface area contributed by atoms with E-state index in [-0.39, 0.29) is 17.2 Å². The van der Waals surface area contributed by atoms with Crippen LogP contribution in [0.15, 0.2) is 17.2 Å². The van der Waals surface area contributed by atoms with Crippen molar-refractivity contribution in [3.8, 4) is 0 Å². The van der Waals surface area contributed by atoms with Gasteiger partial charge in [-0.3, -0.25) is 14.3 Å². The van der Waals surface area contributed by atoms with Gasteiger partial charge >= 0.3 is 0 Å². The number of nitrogens with zero attached hydrogens (tertiary/aromatic N) is 3. The quantitative estimate of drug-likeness (QED) is 0.842. The third kappa shape index (κ3) is 3.36. The number of aryl methyl sites for hydroxylation is 1. The van der Waals surface area contributed by atoms with Crippen molar-refractivity contribution < 1.29 is 4.79 Å². The Morgan fingerprint density at radius 3 is 2.76 bits per heavy atom. The van der Waals surface area contributed by atoms with Crippen LogP contribution in [-0.4, -0.2) is 32.2 Å². The van der Waals surface area contributed by atoms with E-state index >= 15 is 0 Å². The summed E-state index contributed by atoms with van der Waals surface area (Å²) in [6, 6.07) is 0. The van der Waals surface area contributed by atoms with Gasteiger partial charge in [0.1, 0.15) is 5.69 Å². The van der Waals surface area contributed by atoms with E-state index in [0.29, 0.717) is 13.1 Å². The zero-order valence-electron chi connectivity index (χ0n) is 12.4. The lowest BCUT2D eigenvalue weighted by Gasteiger charge is -2.07. The number of aromatic nitrogens is 4. The van der Waals surface area contributed by atoms with Crippen molar-refractivity contribution in [2.45, 2.75) is 33.7 Å². The molecule has 0 aliphatic rings. The Kier molecular flexibility index (Phi) is 4.52. The third-order valence-corrected chi connectivity index (χ3v) is 3.40. The zero-order valence-corrected chi connectivity index (χ0v) is 12.4. The number of hydrogen-bond donors (Lipinski definition) is 2. The van der Waals surface area contributed by atoms with Crippen LogP contribution in [-0.2, 0) is 13.0 Å². The van der Waals surface area contributed by atoms with Crippen LogP contribution in [0.2, 0.25) is 0 Å². The van der Waals surface area contributed by atoms with E-state index in [2.05, 4.69) is 27.3 Å². The summed E-state index contributed by atoms with van der Waals surface area (Å²) in [6.45, 7) is 7.17. The fraction of sp³-hybridized carbons (Fsp3) is 0.429. The molecule has 0 bridgehead atoms. The molecule has 0 aliphatic carbocycles. The number of H-pyrrole nitrogens is 1. The van der Waals surface area contributed by atoms with Gasteiger partial charge < -0.3 is 10.3 Å². The molecule has 2 heterocycles. The average Bonchev–Trinajstić information content (AvgIpc) is 2.73. The summed E-state index contributed by atoms with van der Waals surface area (Å²) >= 11 is 0. The number of rotatable bonds is 5. The van der Waals surface area contributed by atoms with Crippen LogP contribution in [0, 0.1) is 13.8 Å². The van der Waals surface area contributed by atoms with Crippen LogP contribution in [0.25, 0.3) is 0 Å². The molecule has 7 nitrogen and oxygen atoms in total. The Bertz CT molecular complexity index is 681. The van der Waals surface area contributed by atoms with Gasteiger partial charge in [-0.05, 0) is 25.8 Å². The number of aromatic amines is 1. The number of nitrogens with one attached hydrogen (secondary N) is 2. The maximum atomic E-state index is 11.8. The fourth-order valence-electron chi connectivity index (χ4n) is 2.30. The van der Waals surface area contributed by atoms with Crippen LogP contribution in [0.3, 0.4) is 0 Å². The van der Waals surface area contributed by atoms with Gasteiger partial charge in [0.15, 0.2) is 0 Å². The number of amides is 1. The molecule has 0 saturated heterocycles. The Balaban J connectivity index is 1.94. The lowest BCUT2D eigenvalue weighted by Crippen LogP contribution is -2.29. The van der Waals surface area contributed by atoms with Gasteiger partial charge in [-0.15, -0.1) is 0 Å². The van der Waals surface area contributed by atoms with E-state index < -0.39 is 0 Å². The summed E-state index contributed by atoms with van der Waals surface area (Å²) in [5.41, 5.74) is 3.28. The predicted octanol–water partition coefficient (Wildman–Crippen LogP) is 0.576. The van der Waals surface area contributed by atoms with Crippen molar-refractivity contribution in [2.75, 3.05) is 6.54 Å². The van der Waals surface area contributed by atoms with Gasteiger partial charge in [0, 0.05) is 18.4 Å². The highest BCUT2D eigenvalue weighted by Crippen LogP contribution is 2.12. The Labute approximate surface area is 122 Å². The molecular formula is C14H19N5O2. The van der Waals surface area contributed by atoms with E-state index in [0.717, 1.165) is 24.0 Å². The van der Waals surface area contributed by atoms with Gasteiger partial charge in [-0.2, -0.15) is 5.10 Å². The molecule has 2 rings (SSSR count). The molecule has 112 valence electrons. The molecule has 0 fully saturated rings. The number of hydrogen-bond acceptors (Lipinski definition) is 4. The SMILES string of the molecule is CCc1c(C)nn(CCNC(=O)c2c[nH]c(=O)cn2)c1C. The van der Waals surface area contributed by atoms with E-state index in [1.54, 1.807) is 0 Å².